The number of amides is 2. The van der Waals surface area contributed by atoms with Crippen molar-refractivity contribution in [2.24, 2.45) is 0 Å². The minimum atomic E-state index is -0.653. The summed E-state index contributed by atoms with van der Waals surface area (Å²) in [5.41, 5.74) is 2.74. The molecule has 3 rings (SSSR count). The van der Waals surface area contributed by atoms with Crippen molar-refractivity contribution in [2.75, 3.05) is 20.8 Å². The van der Waals surface area contributed by atoms with E-state index in [0.717, 1.165) is 22.4 Å². The lowest BCUT2D eigenvalue weighted by Gasteiger charge is -2.31. The Morgan fingerprint density at radius 3 is 2.15 bits per heavy atom. The summed E-state index contributed by atoms with van der Waals surface area (Å²) in [6.07, 6.45) is 0.601. The van der Waals surface area contributed by atoms with Crippen LogP contribution in [0.1, 0.15) is 23.6 Å². The van der Waals surface area contributed by atoms with Crippen molar-refractivity contribution in [2.45, 2.75) is 32.4 Å². The molecule has 0 spiro atoms. The number of methoxy groups -OCH3 is 2. The molecule has 3 aromatic carbocycles. The van der Waals surface area contributed by atoms with Crippen LogP contribution in [0.2, 0.25) is 0 Å². The van der Waals surface area contributed by atoms with Gasteiger partial charge in [0, 0.05) is 19.5 Å². The molecule has 0 fully saturated rings. The first-order valence-corrected chi connectivity index (χ1v) is 11.4. The summed E-state index contributed by atoms with van der Waals surface area (Å²) in [5, 5.41) is 2.91. The fourth-order valence-electron chi connectivity index (χ4n) is 3.83. The number of rotatable bonds is 11. The zero-order chi connectivity index (χ0) is 24.3. The summed E-state index contributed by atoms with van der Waals surface area (Å²) < 4.78 is 10.6. The Morgan fingerprint density at radius 2 is 1.50 bits per heavy atom. The molecular formula is C28H32N2O4. The van der Waals surface area contributed by atoms with Gasteiger partial charge in [0.15, 0.2) is 0 Å². The predicted octanol–water partition coefficient (Wildman–Crippen LogP) is 4.02. The van der Waals surface area contributed by atoms with Crippen LogP contribution in [0.15, 0.2) is 78.9 Å². The standard InChI is InChI=1S/C28H32N2O4/c1-4-29-28(32)26(18-21-9-6-5-7-10-21)30(20-23-11-8-12-25(17-23)34-3)27(31)19-22-13-15-24(33-2)16-14-22/h5-17,26H,4,18-20H2,1-3H3,(H,29,32)/t26-/m1/s1. The van der Waals surface area contributed by atoms with Crippen LogP contribution in [-0.4, -0.2) is 43.5 Å². The number of nitrogens with one attached hydrogen (secondary N) is 1. The summed E-state index contributed by atoms with van der Waals surface area (Å²) in [6, 6.07) is 24.1. The zero-order valence-electron chi connectivity index (χ0n) is 20.0. The van der Waals surface area contributed by atoms with Gasteiger partial charge >= 0.3 is 0 Å². The molecule has 0 aliphatic heterocycles. The van der Waals surface area contributed by atoms with E-state index in [1.54, 1.807) is 19.1 Å². The molecule has 0 aromatic heterocycles. The van der Waals surface area contributed by atoms with Crippen LogP contribution < -0.4 is 14.8 Å². The molecular weight excluding hydrogens is 428 g/mol. The van der Waals surface area contributed by atoms with Gasteiger partial charge in [-0.2, -0.15) is 0 Å². The van der Waals surface area contributed by atoms with E-state index in [9.17, 15) is 9.59 Å². The van der Waals surface area contributed by atoms with Gasteiger partial charge < -0.3 is 19.7 Å². The Balaban J connectivity index is 1.94. The van der Waals surface area contributed by atoms with Gasteiger partial charge in [-0.05, 0) is 47.9 Å². The lowest BCUT2D eigenvalue weighted by atomic mass is 10.0. The van der Waals surface area contributed by atoms with Crippen LogP contribution >= 0.6 is 0 Å². The highest BCUT2D eigenvalue weighted by Gasteiger charge is 2.30. The maximum absolute atomic E-state index is 13.6. The Hall–Kier alpha value is -3.80. The summed E-state index contributed by atoms with van der Waals surface area (Å²) in [6.45, 7) is 2.66. The third kappa shape index (κ3) is 6.85. The molecule has 0 heterocycles. The minimum Gasteiger partial charge on any atom is -0.497 e. The van der Waals surface area contributed by atoms with E-state index in [0.29, 0.717) is 25.3 Å². The number of hydrogen-bond acceptors (Lipinski definition) is 4. The van der Waals surface area contributed by atoms with Gasteiger partial charge in [0.1, 0.15) is 17.5 Å². The summed E-state index contributed by atoms with van der Waals surface area (Å²) in [7, 11) is 3.22. The van der Waals surface area contributed by atoms with Crippen LogP contribution in [0.4, 0.5) is 0 Å². The Kier molecular flexibility index (Phi) is 9.09. The SMILES string of the molecule is CCNC(=O)[C@@H](Cc1ccccc1)N(Cc1cccc(OC)c1)C(=O)Cc1ccc(OC)cc1. The Bertz CT molecular complexity index is 1070. The van der Waals surface area contributed by atoms with Crippen LogP contribution in [0.3, 0.4) is 0 Å². The summed E-state index contributed by atoms with van der Waals surface area (Å²) >= 11 is 0. The highest BCUT2D eigenvalue weighted by molar-refractivity contribution is 5.88. The largest absolute Gasteiger partial charge is 0.497 e. The lowest BCUT2D eigenvalue weighted by molar-refractivity contribution is -0.140. The van der Waals surface area contributed by atoms with Crippen LogP contribution in [0.25, 0.3) is 0 Å². The van der Waals surface area contributed by atoms with Gasteiger partial charge in [-0.1, -0.05) is 54.6 Å². The highest BCUT2D eigenvalue weighted by Crippen LogP contribution is 2.20. The molecule has 1 atom stereocenters. The van der Waals surface area contributed by atoms with E-state index in [1.165, 1.54) is 0 Å². The molecule has 1 N–H and O–H groups in total. The number of likely N-dealkylation sites (N-methyl/N-ethyl adjacent to an activating group) is 1. The topological polar surface area (TPSA) is 67.9 Å². The van der Waals surface area contributed by atoms with Gasteiger partial charge in [0.05, 0.1) is 20.6 Å². The molecule has 0 aliphatic rings. The molecule has 2 amide bonds. The van der Waals surface area contributed by atoms with E-state index >= 15 is 0 Å². The molecule has 0 radical (unpaired) electrons. The molecule has 34 heavy (non-hydrogen) atoms. The van der Waals surface area contributed by atoms with Crippen molar-refractivity contribution in [1.82, 2.24) is 10.2 Å². The van der Waals surface area contributed by atoms with Crippen molar-refractivity contribution >= 4 is 11.8 Å². The molecule has 0 bridgehead atoms. The normalized spacial score (nSPS) is 11.4. The lowest BCUT2D eigenvalue weighted by Crippen LogP contribution is -2.50. The summed E-state index contributed by atoms with van der Waals surface area (Å²) in [4.78, 5) is 28.5. The number of ether oxygens (including phenoxy) is 2. The third-order valence-electron chi connectivity index (χ3n) is 5.62. The average Bonchev–Trinajstić information content (AvgIpc) is 2.87. The van der Waals surface area contributed by atoms with Gasteiger partial charge in [-0.3, -0.25) is 9.59 Å². The first-order chi connectivity index (χ1) is 16.5. The van der Waals surface area contributed by atoms with Gasteiger partial charge in [-0.15, -0.1) is 0 Å². The number of nitrogens with zero attached hydrogens (tertiary/aromatic N) is 1. The van der Waals surface area contributed by atoms with Gasteiger partial charge in [0.25, 0.3) is 0 Å². The molecule has 0 saturated heterocycles. The monoisotopic (exact) mass is 460 g/mol. The van der Waals surface area contributed by atoms with Crippen LogP contribution in [0.5, 0.6) is 11.5 Å². The molecule has 0 unspecified atom stereocenters. The first kappa shape index (κ1) is 24.8. The second-order valence-corrected chi connectivity index (χ2v) is 8.00. The van der Waals surface area contributed by atoms with Crippen molar-refractivity contribution in [3.05, 3.63) is 95.6 Å². The van der Waals surface area contributed by atoms with E-state index in [-0.39, 0.29) is 18.2 Å². The molecule has 0 saturated carbocycles. The van der Waals surface area contributed by atoms with Crippen molar-refractivity contribution < 1.29 is 19.1 Å². The molecule has 178 valence electrons. The fraction of sp³-hybridized carbons (Fsp3) is 0.286. The fourth-order valence-corrected chi connectivity index (χ4v) is 3.83. The molecule has 6 nitrogen and oxygen atoms in total. The smallest absolute Gasteiger partial charge is 0.243 e. The molecule has 6 heteroatoms. The second-order valence-electron chi connectivity index (χ2n) is 8.00. The highest BCUT2D eigenvalue weighted by atomic mass is 16.5. The van der Waals surface area contributed by atoms with E-state index in [4.69, 9.17) is 9.47 Å². The number of benzene rings is 3. The van der Waals surface area contributed by atoms with E-state index in [1.807, 2.05) is 85.8 Å². The third-order valence-corrected chi connectivity index (χ3v) is 5.62. The van der Waals surface area contributed by atoms with E-state index in [2.05, 4.69) is 5.32 Å². The van der Waals surface area contributed by atoms with Crippen molar-refractivity contribution in [1.29, 1.82) is 0 Å². The number of hydrogen-bond donors (Lipinski definition) is 1. The Labute approximate surface area is 201 Å². The number of carbonyl (C=O) groups excluding carboxylic acids is 2. The Morgan fingerprint density at radius 1 is 0.824 bits per heavy atom. The maximum Gasteiger partial charge on any atom is 0.243 e. The van der Waals surface area contributed by atoms with Crippen LogP contribution in [0, 0.1) is 0 Å². The quantitative estimate of drug-likeness (QED) is 0.469. The molecule has 0 aliphatic carbocycles. The van der Waals surface area contributed by atoms with Crippen molar-refractivity contribution in [3.63, 3.8) is 0 Å². The first-order valence-electron chi connectivity index (χ1n) is 11.4. The zero-order valence-corrected chi connectivity index (χ0v) is 20.0. The average molecular weight is 461 g/mol. The second kappa shape index (κ2) is 12.4. The minimum absolute atomic E-state index is 0.125. The van der Waals surface area contributed by atoms with Gasteiger partial charge in [-0.25, -0.2) is 0 Å². The van der Waals surface area contributed by atoms with E-state index < -0.39 is 6.04 Å². The summed E-state index contributed by atoms with van der Waals surface area (Å²) in [5.74, 6) is 1.14. The van der Waals surface area contributed by atoms with Crippen LogP contribution in [-0.2, 0) is 29.0 Å². The molecule has 3 aromatic rings. The van der Waals surface area contributed by atoms with Gasteiger partial charge in [0.2, 0.25) is 11.8 Å². The predicted molar refractivity (Wildman–Crippen MR) is 133 cm³/mol. The maximum atomic E-state index is 13.6. The number of carbonyl (C=O) groups is 2. The van der Waals surface area contributed by atoms with Crippen molar-refractivity contribution in [3.8, 4) is 11.5 Å².